The lowest BCUT2D eigenvalue weighted by molar-refractivity contribution is 0.672. The van der Waals surface area contributed by atoms with Crippen molar-refractivity contribution in [1.29, 1.82) is 0 Å². The summed E-state index contributed by atoms with van der Waals surface area (Å²) in [5.41, 5.74) is 7.04. The molecular weight excluding hydrogens is 669 g/mol. The minimum Gasteiger partial charge on any atom is -0.455 e. The Morgan fingerprint density at radius 1 is 0.615 bits per heavy atom. The summed E-state index contributed by atoms with van der Waals surface area (Å²) < 4.78 is 11.9. The number of fused-ring (bicyclic) bond motifs is 12. The molecule has 7 aromatic carbocycles. The average molecular weight is 701 g/mol. The molecule has 3 heterocycles. The van der Waals surface area contributed by atoms with Gasteiger partial charge in [-0.15, -0.1) is 22.7 Å². The second kappa shape index (κ2) is 11.4. The van der Waals surface area contributed by atoms with Crippen molar-refractivity contribution >= 4 is 121 Å². The second-order valence-electron chi connectivity index (χ2n) is 13.8. The molecule has 0 saturated heterocycles. The van der Waals surface area contributed by atoms with E-state index in [1.807, 2.05) is 28.7 Å². The molecule has 0 radical (unpaired) electrons. The maximum atomic E-state index is 6.73. The molecule has 0 unspecified atom stereocenters. The van der Waals surface area contributed by atoms with Gasteiger partial charge in [-0.05, 0) is 111 Å². The molecule has 10 aromatic rings. The molecule has 1 nitrogen and oxygen atoms in total. The van der Waals surface area contributed by atoms with Gasteiger partial charge in [0, 0.05) is 56.5 Å². The Hall–Kier alpha value is -5.74. The zero-order valence-electron chi connectivity index (χ0n) is 28.6. The summed E-state index contributed by atoms with van der Waals surface area (Å²) in [7, 11) is 0. The molecule has 52 heavy (non-hydrogen) atoms. The molecule has 0 bridgehead atoms. The van der Waals surface area contributed by atoms with Crippen LogP contribution < -0.4 is 20.2 Å². The van der Waals surface area contributed by atoms with Gasteiger partial charge in [0.15, 0.2) is 0 Å². The van der Waals surface area contributed by atoms with Crippen LogP contribution in [0.15, 0.2) is 126 Å². The summed E-state index contributed by atoms with van der Waals surface area (Å²) in [5.74, 6) is 0. The lowest BCUT2D eigenvalue weighted by atomic mass is 9.85. The van der Waals surface area contributed by atoms with Gasteiger partial charge in [-0.25, -0.2) is 0 Å². The monoisotopic (exact) mass is 700 g/mol. The highest BCUT2D eigenvalue weighted by atomic mass is 32.1. The van der Waals surface area contributed by atoms with Crippen molar-refractivity contribution in [2.45, 2.75) is 19.8 Å². The van der Waals surface area contributed by atoms with Crippen LogP contribution in [0.25, 0.3) is 120 Å². The van der Waals surface area contributed by atoms with Crippen LogP contribution in [-0.4, -0.2) is 0 Å². The van der Waals surface area contributed by atoms with Crippen LogP contribution in [0.2, 0.25) is 0 Å². The van der Waals surface area contributed by atoms with Crippen molar-refractivity contribution in [1.82, 2.24) is 0 Å². The van der Waals surface area contributed by atoms with E-state index in [2.05, 4.69) is 147 Å². The van der Waals surface area contributed by atoms with E-state index in [1.165, 1.54) is 88.9 Å². The Morgan fingerprint density at radius 3 is 2.12 bits per heavy atom. The molecule has 0 fully saturated rings. The highest BCUT2D eigenvalue weighted by Gasteiger charge is 2.22. The summed E-state index contributed by atoms with van der Waals surface area (Å²) in [5, 5.41) is 15.1. The predicted octanol–water partition coefficient (Wildman–Crippen LogP) is 11.9. The molecule has 0 aliphatic heterocycles. The Balaban J connectivity index is 1.32. The first kappa shape index (κ1) is 29.9. The summed E-state index contributed by atoms with van der Waals surface area (Å²) in [6, 6.07) is 40.4. The van der Waals surface area contributed by atoms with Crippen molar-refractivity contribution in [3.8, 4) is 22.3 Å². The molecule has 246 valence electrons. The largest absolute Gasteiger partial charge is 0.455 e. The van der Waals surface area contributed by atoms with E-state index in [-0.39, 0.29) is 0 Å². The molecule has 3 aromatic heterocycles. The van der Waals surface area contributed by atoms with Gasteiger partial charge in [-0.1, -0.05) is 104 Å². The third-order valence-corrected chi connectivity index (χ3v) is 13.4. The van der Waals surface area contributed by atoms with Crippen molar-refractivity contribution < 1.29 is 4.42 Å². The molecule has 0 amide bonds. The van der Waals surface area contributed by atoms with Crippen LogP contribution in [0.4, 0.5) is 0 Å². The summed E-state index contributed by atoms with van der Waals surface area (Å²) in [6.45, 7) is 6.25. The predicted molar refractivity (Wildman–Crippen MR) is 229 cm³/mol. The number of hydrogen-bond donors (Lipinski definition) is 0. The van der Waals surface area contributed by atoms with E-state index in [0.717, 1.165) is 40.2 Å². The number of allylic oxidation sites excluding steroid dienone is 1. The van der Waals surface area contributed by atoms with E-state index in [4.69, 9.17) is 4.42 Å². The second-order valence-corrected chi connectivity index (χ2v) is 15.9. The Morgan fingerprint density at radius 2 is 1.31 bits per heavy atom. The maximum Gasteiger partial charge on any atom is 0.143 e. The Kier molecular flexibility index (Phi) is 6.55. The van der Waals surface area contributed by atoms with Crippen LogP contribution in [0.3, 0.4) is 0 Å². The van der Waals surface area contributed by atoms with Crippen LogP contribution in [0.5, 0.6) is 0 Å². The summed E-state index contributed by atoms with van der Waals surface area (Å²) in [4.78, 5) is 0. The molecular formula is C49H32OS2. The normalized spacial score (nSPS) is 13.9. The van der Waals surface area contributed by atoms with Gasteiger partial charge in [0.05, 0.1) is 0 Å². The number of thiophene rings is 2. The maximum absolute atomic E-state index is 6.73. The van der Waals surface area contributed by atoms with Crippen molar-refractivity contribution in [3.63, 3.8) is 0 Å². The van der Waals surface area contributed by atoms with Crippen molar-refractivity contribution in [2.24, 2.45) is 0 Å². The van der Waals surface area contributed by atoms with Gasteiger partial charge in [-0.3, -0.25) is 0 Å². The molecule has 0 atom stereocenters. The smallest absolute Gasteiger partial charge is 0.143 e. The first-order chi connectivity index (χ1) is 25.7. The Bertz CT molecular complexity index is 3440. The third kappa shape index (κ3) is 4.15. The summed E-state index contributed by atoms with van der Waals surface area (Å²) in [6.07, 6.45) is 13.4. The van der Waals surface area contributed by atoms with Gasteiger partial charge >= 0.3 is 0 Å². The SMILES string of the molecule is C=C/C=c1/sc2c(-c3c4c(c(-c5ccc6sc7ccccc7c6c5)c5ccccc35)=CCCC=4)cc3c(ccc4c5ccccc5oc43)c2/c1=C/C. The number of para-hydroxylation sites is 1. The first-order valence-electron chi connectivity index (χ1n) is 18.0. The lowest BCUT2D eigenvalue weighted by Crippen LogP contribution is -2.31. The van der Waals surface area contributed by atoms with Crippen LogP contribution in [-0.2, 0) is 0 Å². The number of furan rings is 1. The molecule has 1 aliphatic carbocycles. The molecule has 0 spiro atoms. The molecule has 1 aliphatic rings. The lowest BCUT2D eigenvalue weighted by Gasteiger charge is -2.19. The number of rotatable bonds is 3. The zero-order chi connectivity index (χ0) is 34.5. The van der Waals surface area contributed by atoms with E-state index >= 15 is 0 Å². The molecule has 3 heteroatoms. The van der Waals surface area contributed by atoms with Crippen molar-refractivity contribution in [2.75, 3.05) is 0 Å². The van der Waals surface area contributed by atoms with Gasteiger partial charge in [0.25, 0.3) is 0 Å². The highest BCUT2D eigenvalue weighted by Crippen LogP contribution is 2.43. The van der Waals surface area contributed by atoms with Gasteiger partial charge < -0.3 is 4.42 Å². The van der Waals surface area contributed by atoms with E-state index in [9.17, 15) is 0 Å². The third-order valence-electron chi connectivity index (χ3n) is 11.0. The van der Waals surface area contributed by atoms with Crippen LogP contribution in [0, 0.1) is 0 Å². The highest BCUT2D eigenvalue weighted by molar-refractivity contribution is 7.25. The quantitative estimate of drug-likeness (QED) is 0.179. The fourth-order valence-electron chi connectivity index (χ4n) is 8.84. The van der Waals surface area contributed by atoms with Gasteiger partial charge in [-0.2, -0.15) is 0 Å². The van der Waals surface area contributed by atoms with E-state index in [1.54, 1.807) is 0 Å². The molecule has 11 rings (SSSR count). The van der Waals surface area contributed by atoms with Crippen LogP contribution >= 0.6 is 22.7 Å². The topological polar surface area (TPSA) is 13.1 Å². The van der Waals surface area contributed by atoms with Gasteiger partial charge in [0.1, 0.15) is 11.2 Å². The summed E-state index contributed by atoms with van der Waals surface area (Å²) >= 11 is 3.75. The first-order valence-corrected chi connectivity index (χ1v) is 19.6. The standard InChI is InChI=1S/C49H32OS2/c1-3-13-42-29(4-2)47-36-23-24-37-30-14-9-11-20-41(30)50-48(37)39(36)27-40(49(47)52-42)46-34-18-7-5-16-32(34)45(33-17-6-8-19-35(33)46)28-22-25-44-38(26-28)31-15-10-12-21-43(31)51-44/h3-5,7,9-27H,1,6,8H2,2H3/b29-4+,42-13+. The number of benzene rings is 7. The fraction of sp³-hybridized carbons (Fsp3) is 0.0612. The van der Waals surface area contributed by atoms with Crippen molar-refractivity contribution in [3.05, 3.63) is 142 Å². The van der Waals surface area contributed by atoms with Crippen LogP contribution in [0.1, 0.15) is 19.8 Å². The van der Waals surface area contributed by atoms with E-state index in [0.29, 0.717) is 0 Å². The van der Waals surface area contributed by atoms with E-state index < -0.39 is 0 Å². The minimum absolute atomic E-state index is 0.922. The molecule has 0 N–H and O–H groups in total. The Labute approximate surface area is 307 Å². The minimum atomic E-state index is 0.922. The zero-order valence-corrected chi connectivity index (χ0v) is 30.3. The fourth-order valence-corrected chi connectivity index (χ4v) is 11.2. The number of hydrogen-bond acceptors (Lipinski definition) is 3. The molecule has 0 saturated carbocycles. The van der Waals surface area contributed by atoms with Gasteiger partial charge in [0.2, 0.25) is 0 Å². The average Bonchev–Trinajstić information content (AvgIpc) is 3.88.